The first-order valence-electron chi connectivity index (χ1n) is 10.6. The van der Waals surface area contributed by atoms with Gasteiger partial charge in [0.25, 0.3) is 5.91 Å². The van der Waals surface area contributed by atoms with Gasteiger partial charge < -0.3 is 5.73 Å². The number of nitrogen functional groups attached to an aromatic ring is 1. The molecule has 2 aromatic heterocycles. The van der Waals surface area contributed by atoms with Gasteiger partial charge in [0.1, 0.15) is 0 Å². The summed E-state index contributed by atoms with van der Waals surface area (Å²) in [4.78, 5) is 14.0. The molecule has 0 spiro atoms. The first-order chi connectivity index (χ1) is 17.1. The molecule has 0 aliphatic rings. The number of rotatable bonds is 7. The molecule has 0 saturated heterocycles. The van der Waals surface area contributed by atoms with E-state index in [0.29, 0.717) is 11.4 Å². The largest absolute Gasteiger partial charge is 0.378 e. The van der Waals surface area contributed by atoms with E-state index in [1.54, 1.807) is 6.21 Å². The number of carbonyl (C=O) groups is 1. The van der Waals surface area contributed by atoms with Crippen molar-refractivity contribution in [3.05, 3.63) is 89.2 Å². The summed E-state index contributed by atoms with van der Waals surface area (Å²) in [7, 11) is 0. The third-order valence-electron chi connectivity index (χ3n) is 5.26. The number of aromatic nitrogens is 5. The Morgan fingerprint density at radius 3 is 2.71 bits per heavy atom. The Hall–Kier alpha value is -4.51. The zero-order valence-electron chi connectivity index (χ0n) is 18.6. The molecule has 11 heteroatoms. The SMILES string of the molecule is Cc1ccc(SCc2c(C(=O)NN=Cc3cccc4ccccc34)nnn2-c2nonc2N)cc1. The number of nitrogens with zero attached hydrogens (tertiary/aromatic N) is 6. The van der Waals surface area contributed by atoms with Crippen LogP contribution < -0.4 is 11.2 Å². The smallest absolute Gasteiger partial charge is 0.293 e. The average Bonchev–Trinajstić information content (AvgIpc) is 3.49. The van der Waals surface area contributed by atoms with Crippen LogP contribution in [0.25, 0.3) is 16.6 Å². The van der Waals surface area contributed by atoms with Crippen molar-refractivity contribution in [2.75, 3.05) is 5.73 Å². The number of carbonyl (C=O) groups excluding carboxylic acids is 1. The molecule has 0 unspecified atom stereocenters. The first-order valence-corrected chi connectivity index (χ1v) is 11.6. The first kappa shape index (κ1) is 22.3. The van der Waals surface area contributed by atoms with Crippen LogP contribution in [-0.2, 0) is 5.75 Å². The summed E-state index contributed by atoms with van der Waals surface area (Å²) >= 11 is 1.52. The minimum absolute atomic E-state index is 0.0393. The molecule has 0 saturated carbocycles. The van der Waals surface area contributed by atoms with Gasteiger partial charge in [-0.15, -0.1) is 16.9 Å². The number of nitrogens with two attached hydrogens (primary N) is 1. The molecule has 0 atom stereocenters. The van der Waals surface area contributed by atoms with Crippen LogP contribution in [0.15, 0.2) is 81.4 Å². The van der Waals surface area contributed by atoms with Gasteiger partial charge in [-0.1, -0.05) is 65.4 Å². The summed E-state index contributed by atoms with van der Waals surface area (Å²) in [5.41, 5.74) is 11.0. The van der Waals surface area contributed by atoms with Crippen LogP contribution in [0.4, 0.5) is 5.82 Å². The molecule has 2 heterocycles. The molecule has 35 heavy (non-hydrogen) atoms. The Kier molecular flexibility index (Phi) is 6.22. The van der Waals surface area contributed by atoms with Gasteiger partial charge in [0.15, 0.2) is 5.69 Å². The number of hydrogen-bond donors (Lipinski definition) is 2. The standard InChI is InChI=1S/C24H20N8O2S/c1-15-9-11-18(12-10-15)35-14-20-21(27-31-32(20)23-22(25)29-34-30-23)24(33)28-26-13-17-7-4-6-16-5-2-3-8-19(16)17/h2-13H,14H2,1H3,(H2,25,29)(H,28,33). The highest BCUT2D eigenvalue weighted by Crippen LogP contribution is 2.26. The number of benzene rings is 3. The Morgan fingerprint density at radius 1 is 1.11 bits per heavy atom. The summed E-state index contributed by atoms with van der Waals surface area (Å²) in [6.07, 6.45) is 1.60. The highest BCUT2D eigenvalue weighted by atomic mass is 32.2. The van der Waals surface area contributed by atoms with E-state index in [4.69, 9.17) is 10.4 Å². The van der Waals surface area contributed by atoms with Crippen LogP contribution in [0.5, 0.6) is 0 Å². The van der Waals surface area contributed by atoms with E-state index < -0.39 is 5.91 Å². The van der Waals surface area contributed by atoms with E-state index in [1.807, 2.05) is 73.7 Å². The van der Waals surface area contributed by atoms with E-state index >= 15 is 0 Å². The van der Waals surface area contributed by atoms with E-state index in [9.17, 15) is 4.79 Å². The summed E-state index contributed by atoms with van der Waals surface area (Å²) in [5, 5.41) is 21.8. The molecule has 0 radical (unpaired) electrons. The summed E-state index contributed by atoms with van der Waals surface area (Å²) in [5.74, 6) is 0.0630. The molecule has 0 bridgehead atoms. The molecule has 3 N–H and O–H groups in total. The molecule has 3 aromatic carbocycles. The van der Waals surface area contributed by atoms with Crippen molar-refractivity contribution in [1.29, 1.82) is 0 Å². The Morgan fingerprint density at radius 2 is 1.91 bits per heavy atom. The normalized spacial score (nSPS) is 11.3. The number of aryl methyl sites for hydroxylation is 1. The lowest BCUT2D eigenvalue weighted by Gasteiger charge is -2.06. The molecule has 174 valence electrons. The highest BCUT2D eigenvalue weighted by Gasteiger charge is 2.24. The van der Waals surface area contributed by atoms with Crippen LogP contribution in [0.1, 0.15) is 27.3 Å². The van der Waals surface area contributed by atoms with Gasteiger partial charge >= 0.3 is 0 Å². The fourth-order valence-electron chi connectivity index (χ4n) is 3.48. The van der Waals surface area contributed by atoms with Crippen molar-refractivity contribution in [2.45, 2.75) is 17.6 Å². The van der Waals surface area contributed by atoms with Gasteiger partial charge in [0.05, 0.1) is 11.9 Å². The lowest BCUT2D eigenvalue weighted by atomic mass is 10.1. The van der Waals surface area contributed by atoms with Gasteiger partial charge in [0, 0.05) is 16.2 Å². The van der Waals surface area contributed by atoms with Crippen LogP contribution in [0.3, 0.4) is 0 Å². The van der Waals surface area contributed by atoms with Crippen molar-refractivity contribution in [2.24, 2.45) is 5.10 Å². The highest BCUT2D eigenvalue weighted by molar-refractivity contribution is 7.98. The van der Waals surface area contributed by atoms with E-state index in [2.05, 4.69) is 31.2 Å². The van der Waals surface area contributed by atoms with Gasteiger partial charge in [0.2, 0.25) is 11.6 Å². The van der Waals surface area contributed by atoms with Gasteiger partial charge in [-0.2, -0.15) is 9.78 Å². The van der Waals surface area contributed by atoms with Crippen LogP contribution in [-0.4, -0.2) is 37.4 Å². The third kappa shape index (κ3) is 4.75. The monoisotopic (exact) mass is 484 g/mol. The molecular formula is C24H20N8O2S. The van der Waals surface area contributed by atoms with Crippen molar-refractivity contribution in [1.82, 2.24) is 30.7 Å². The summed E-state index contributed by atoms with van der Waals surface area (Å²) in [6, 6.07) is 21.9. The quantitative estimate of drug-likeness (QED) is 0.202. The van der Waals surface area contributed by atoms with Crippen LogP contribution in [0, 0.1) is 6.92 Å². The molecule has 0 aliphatic heterocycles. The number of hydrogen-bond acceptors (Lipinski definition) is 9. The van der Waals surface area contributed by atoms with Crippen molar-refractivity contribution in [3.63, 3.8) is 0 Å². The molecule has 0 fully saturated rings. The maximum absolute atomic E-state index is 13.0. The maximum atomic E-state index is 13.0. The van der Waals surface area contributed by atoms with Crippen molar-refractivity contribution >= 4 is 40.5 Å². The Bertz CT molecular complexity index is 1520. The van der Waals surface area contributed by atoms with Gasteiger partial charge in [-0.05, 0) is 40.1 Å². The zero-order valence-corrected chi connectivity index (χ0v) is 19.4. The Balaban J connectivity index is 1.40. The number of nitrogens with one attached hydrogen (secondary N) is 1. The lowest BCUT2D eigenvalue weighted by molar-refractivity contribution is 0.0949. The second-order valence-corrected chi connectivity index (χ2v) is 8.69. The lowest BCUT2D eigenvalue weighted by Crippen LogP contribution is -2.20. The molecule has 10 nitrogen and oxygen atoms in total. The van der Waals surface area contributed by atoms with Gasteiger partial charge in [-0.25, -0.2) is 10.1 Å². The minimum atomic E-state index is -0.512. The van der Waals surface area contributed by atoms with E-state index in [-0.39, 0.29) is 17.3 Å². The minimum Gasteiger partial charge on any atom is -0.378 e. The number of hydrazone groups is 1. The van der Waals surface area contributed by atoms with E-state index in [1.165, 1.54) is 16.4 Å². The summed E-state index contributed by atoms with van der Waals surface area (Å²) in [6.45, 7) is 2.02. The number of anilines is 1. The predicted molar refractivity (Wildman–Crippen MR) is 133 cm³/mol. The maximum Gasteiger partial charge on any atom is 0.293 e. The molecular weight excluding hydrogens is 464 g/mol. The topological polar surface area (TPSA) is 137 Å². The van der Waals surface area contributed by atoms with Crippen LogP contribution >= 0.6 is 11.8 Å². The second kappa shape index (κ2) is 9.77. The average molecular weight is 485 g/mol. The number of fused-ring (bicyclic) bond motifs is 1. The number of thioether (sulfide) groups is 1. The molecule has 5 rings (SSSR count). The number of amides is 1. The molecule has 0 aliphatic carbocycles. The van der Waals surface area contributed by atoms with Crippen molar-refractivity contribution < 1.29 is 9.42 Å². The zero-order chi connectivity index (χ0) is 24.2. The fraction of sp³-hybridized carbons (Fsp3) is 0.0833. The van der Waals surface area contributed by atoms with E-state index in [0.717, 1.165) is 26.8 Å². The molecule has 1 amide bonds. The summed E-state index contributed by atoms with van der Waals surface area (Å²) < 4.78 is 6.06. The second-order valence-electron chi connectivity index (χ2n) is 7.64. The van der Waals surface area contributed by atoms with Crippen molar-refractivity contribution in [3.8, 4) is 5.82 Å². The fourth-order valence-corrected chi connectivity index (χ4v) is 4.37. The Labute approximate surface area is 204 Å². The van der Waals surface area contributed by atoms with Crippen LogP contribution in [0.2, 0.25) is 0 Å². The predicted octanol–water partition coefficient (Wildman–Crippen LogP) is 3.75. The molecule has 5 aromatic rings. The third-order valence-corrected chi connectivity index (χ3v) is 6.29. The van der Waals surface area contributed by atoms with Gasteiger partial charge in [-0.3, -0.25) is 4.79 Å².